The Bertz CT molecular complexity index is 1060. The Hall–Kier alpha value is -2.74. The van der Waals surface area contributed by atoms with Gasteiger partial charge in [-0.25, -0.2) is 9.18 Å². The molecule has 34 heavy (non-hydrogen) atoms. The average Bonchev–Trinajstić information content (AvgIpc) is 3.63. The highest BCUT2D eigenvalue weighted by atomic mass is 32.2. The van der Waals surface area contributed by atoms with Crippen LogP contribution >= 0.6 is 11.9 Å². The van der Waals surface area contributed by atoms with Gasteiger partial charge in [-0.3, -0.25) is 4.79 Å². The Labute approximate surface area is 205 Å². The van der Waals surface area contributed by atoms with Gasteiger partial charge in [0.25, 0.3) is 0 Å². The van der Waals surface area contributed by atoms with Gasteiger partial charge in [-0.15, -0.1) is 0 Å². The third kappa shape index (κ3) is 5.49. The van der Waals surface area contributed by atoms with Gasteiger partial charge >= 0.3 is 5.97 Å². The quantitative estimate of drug-likeness (QED) is 0.433. The normalized spacial score (nSPS) is 18.3. The monoisotopic (exact) mass is 488 g/mol. The number of carboxylic acid groups (broad SMARTS) is 1. The van der Waals surface area contributed by atoms with E-state index in [4.69, 9.17) is 4.74 Å². The van der Waals surface area contributed by atoms with Crippen LogP contribution in [0.1, 0.15) is 67.9 Å². The molecular weight excluding hydrogens is 455 g/mol. The Morgan fingerprint density at radius 2 is 2.03 bits per heavy atom. The van der Waals surface area contributed by atoms with Gasteiger partial charge in [0.05, 0.1) is 12.3 Å². The minimum Gasteiger partial charge on any atom is -0.492 e. The van der Waals surface area contributed by atoms with E-state index in [0.717, 1.165) is 18.4 Å². The third-order valence-electron chi connectivity index (χ3n) is 6.28. The molecule has 0 aromatic heterocycles. The van der Waals surface area contributed by atoms with E-state index in [0.29, 0.717) is 40.3 Å². The predicted octanol–water partition coefficient (Wildman–Crippen LogP) is 6.17. The minimum absolute atomic E-state index is 0.000880. The number of carbonyl (C=O) groups excluding carboxylic acids is 1. The van der Waals surface area contributed by atoms with Gasteiger partial charge in [0.15, 0.2) is 0 Å². The van der Waals surface area contributed by atoms with Crippen LogP contribution in [0.2, 0.25) is 0 Å². The molecule has 0 bridgehead atoms. The van der Waals surface area contributed by atoms with Crippen molar-refractivity contribution >= 4 is 29.5 Å². The van der Waals surface area contributed by atoms with E-state index in [1.807, 2.05) is 33.8 Å². The zero-order chi connectivity index (χ0) is 25.0. The van der Waals surface area contributed by atoms with Gasteiger partial charge in [-0.1, -0.05) is 33.8 Å². The molecule has 1 aliphatic heterocycles. The van der Waals surface area contributed by atoms with Gasteiger partial charge in [0.1, 0.15) is 17.1 Å². The lowest BCUT2D eigenvalue weighted by Gasteiger charge is -2.23. The van der Waals surface area contributed by atoms with Crippen LogP contribution in [0.3, 0.4) is 0 Å². The molecule has 2 aliphatic rings. The van der Waals surface area contributed by atoms with Crippen molar-refractivity contribution in [1.82, 2.24) is 4.90 Å². The molecule has 2 aromatic carbocycles. The van der Waals surface area contributed by atoms with Crippen LogP contribution in [0.5, 0.6) is 5.75 Å². The maximum atomic E-state index is 14.0. The lowest BCUT2D eigenvalue weighted by molar-refractivity contribution is -0.134. The number of carboxylic acids is 1. The van der Waals surface area contributed by atoms with E-state index in [1.54, 1.807) is 24.1 Å². The molecule has 1 fully saturated rings. The van der Waals surface area contributed by atoms with E-state index >= 15 is 0 Å². The zero-order valence-corrected chi connectivity index (χ0v) is 21.2. The van der Waals surface area contributed by atoms with Gasteiger partial charge in [-0.2, -0.15) is 0 Å². The van der Waals surface area contributed by atoms with Crippen molar-refractivity contribution in [2.75, 3.05) is 18.4 Å². The Kier molecular flexibility index (Phi) is 8.47. The number of carbonyl (C=O) groups is 2. The summed E-state index contributed by atoms with van der Waals surface area (Å²) < 4.78 is 22.9. The SMILES string of the molecule is CC.CC[C@@H](C)C(=O)N(C)Cc1cc(F)ccc1SNc1ccc2c(c1C(=O)O)OCC1CC21. The third-order valence-corrected chi connectivity index (χ3v) is 7.22. The lowest BCUT2D eigenvalue weighted by atomic mass is 10.0. The highest BCUT2D eigenvalue weighted by Gasteiger charge is 2.45. The first kappa shape index (κ1) is 25.9. The topological polar surface area (TPSA) is 78.9 Å². The molecule has 0 radical (unpaired) electrons. The van der Waals surface area contributed by atoms with E-state index in [1.165, 1.54) is 24.1 Å². The predicted molar refractivity (Wildman–Crippen MR) is 133 cm³/mol. The molecule has 2 N–H and O–H groups in total. The Balaban J connectivity index is 0.00000158. The van der Waals surface area contributed by atoms with Crippen LogP contribution in [0, 0.1) is 17.7 Å². The van der Waals surface area contributed by atoms with Crippen molar-refractivity contribution in [2.45, 2.75) is 57.9 Å². The van der Waals surface area contributed by atoms with Crippen molar-refractivity contribution in [3.63, 3.8) is 0 Å². The molecule has 8 heteroatoms. The van der Waals surface area contributed by atoms with Crippen LogP contribution in [0.15, 0.2) is 35.2 Å². The molecule has 1 aliphatic carbocycles. The molecule has 184 valence electrons. The molecule has 1 heterocycles. The maximum absolute atomic E-state index is 14.0. The van der Waals surface area contributed by atoms with Crippen molar-refractivity contribution in [3.8, 4) is 5.75 Å². The molecular formula is C26H33FN2O4S. The molecule has 2 unspecified atom stereocenters. The summed E-state index contributed by atoms with van der Waals surface area (Å²) >= 11 is 1.20. The lowest BCUT2D eigenvalue weighted by Crippen LogP contribution is -2.31. The molecule has 0 spiro atoms. The summed E-state index contributed by atoms with van der Waals surface area (Å²) in [6.07, 6.45) is 1.77. The number of amides is 1. The summed E-state index contributed by atoms with van der Waals surface area (Å²) in [5.74, 6) is -0.222. The molecule has 6 nitrogen and oxygen atoms in total. The number of halogens is 1. The molecule has 1 saturated carbocycles. The largest absolute Gasteiger partial charge is 0.492 e. The van der Waals surface area contributed by atoms with Crippen molar-refractivity contribution < 1.29 is 23.8 Å². The Morgan fingerprint density at radius 3 is 2.71 bits per heavy atom. The van der Waals surface area contributed by atoms with E-state index in [2.05, 4.69) is 4.72 Å². The van der Waals surface area contributed by atoms with E-state index in [-0.39, 0.29) is 29.8 Å². The second-order valence-electron chi connectivity index (χ2n) is 8.58. The molecule has 3 atom stereocenters. The second-order valence-corrected chi connectivity index (χ2v) is 9.43. The van der Waals surface area contributed by atoms with Gasteiger partial charge in [0.2, 0.25) is 5.91 Å². The average molecular weight is 489 g/mol. The number of nitrogens with one attached hydrogen (secondary N) is 1. The fourth-order valence-corrected chi connectivity index (χ4v) is 4.89. The van der Waals surface area contributed by atoms with Crippen molar-refractivity contribution in [1.29, 1.82) is 0 Å². The maximum Gasteiger partial charge on any atom is 0.341 e. The molecule has 0 saturated heterocycles. The fourth-order valence-electron chi connectivity index (χ4n) is 4.11. The number of hydrogen-bond acceptors (Lipinski definition) is 5. The summed E-state index contributed by atoms with van der Waals surface area (Å²) in [5.41, 5.74) is 2.16. The standard InChI is InChI=1S/C24H27FN2O4S.C2H6/c1-4-13(2)23(28)27(3)11-14-9-16(25)5-8-20(14)32-26-19-7-6-17-18-10-15(18)12-31-22(17)21(19)24(29)30;1-2/h5-9,13,15,18,26H,4,10-12H2,1-3H3,(H,29,30);1-2H3/t13-,15?,18?;/m1./s1. The van der Waals surface area contributed by atoms with Crippen molar-refractivity contribution in [2.24, 2.45) is 11.8 Å². The van der Waals surface area contributed by atoms with Crippen LogP contribution in [-0.2, 0) is 11.3 Å². The first-order chi connectivity index (χ1) is 16.3. The first-order valence-electron chi connectivity index (χ1n) is 11.8. The Morgan fingerprint density at radius 1 is 1.29 bits per heavy atom. The highest BCUT2D eigenvalue weighted by molar-refractivity contribution is 8.00. The van der Waals surface area contributed by atoms with Crippen molar-refractivity contribution in [3.05, 3.63) is 52.8 Å². The first-order valence-corrected chi connectivity index (χ1v) is 12.6. The summed E-state index contributed by atoms with van der Waals surface area (Å²) in [4.78, 5) is 26.8. The van der Waals surface area contributed by atoms with E-state index < -0.39 is 5.97 Å². The minimum atomic E-state index is -1.05. The second kappa shape index (κ2) is 11.1. The van der Waals surface area contributed by atoms with Gasteiger partial charge in [0, 0.05) is 30.3 Å². The smallest absolute Gasteiger partial charge is 0.341 e. The molecule has 2 aromatic rings. The number of hydrogen-bond donors (Lipinski definition) is 2. The van der Waals surface area contributed by atoms with Gasteiger partial charge < -0.3 is 19.5 Å². The highest BCUT2D eigenvalue weighted by Crippen LogP contribution is 2.55. The number of anilines is 1. The van der Waals surface area contributed by atoms with Crippen LogP contribution in [0.25, 0.3) is 0 Å². The number of rotatable bonds is 8. The number of aromatic carboxylic acids is 1. The van der Waals surface area contributed by atoms with E-state index in [9.17, 15) is 19.1 Å². The van der Waals surface area contributed by atoms with Crippen LogP contribution in [0.4, 0.5) is 10.1 Å². The van der Waals surface area contributed by atoms with Crippen LogP contribution < -0.4 is 9.46 Å². The number of benzene rings is 2. The molecule has 4 rings (SSSR count). The summed E-state index contributed by atoms with van der Waals surface area (Å²) in [6, 6.07) is 8.09. The fraction of sp³-hybridized carbons (Fsp3) is 0.462. The number of ether oxygens (including phenoxy) is 1. The summed E-state index contributed by atoms with van der Waals surface area (Å²) in [7, 11) is 1.70. The number of fused-ring (bicyclic) bond motifs is 3. The zero-order valence-electron chi connectivity index (χ0n) is 20.4. The summed E-state index contributed by atoms with van der Waals surface area (Å²) in [5, 5.41) is 9.84. The summed E-state index contributed by atoms with van der Waals surface area (Å²) in [6.45, 7) is 8.63. The van der Waals surface area contributed by atoms with Gasteiger partial charge in [-0.05, 0) is 66.1 Å². The number of nitrogens with zero attached hydrogens (tertiary/aromatic N) is 1. The van der Waals surface area contributed by atoms with Crippen LogP contribution in [-0.4, -0.2) is 35.5 Å². The molecule has 1 amide bonds.